The van der Waals surface area contributed by atoms with Crippen LogP contribution in [-0.4, -0.2) is 31.1 Å². The molecule has 0 atom stereocenters. The van der Waals surface area contributed by atoms with Gasteiger partial charge in [-0.05, 0) is 24.3 Å². The van der Waals surface area contributed by atoms with Crippen LogP contribution >= 0.6 is 0 Å². The number of carbonyl (C=O) groups excluding carboxylic acids is 1. The summed E-state index contributed by atoms with van der Waals surface area (Å²) in [6.45, 7) is 1.26. The third-order valence-electron chi connectivity index (χ3n) is 2.84. The lowest BCUT2D eigenvalue weighted by Crippen LogP contribution is -2.23. The number of para-hydroxylation sites is 1. The summed E-state index contributed by atoms with van der Waals surface area (Å²) >= 11 is 0. The Kier molecular flexibility index (Phi) is 2.88. The van der Waals surface area contributed by atoms with Crippen LogP contribution in [0.5, 0.6) is 0 Å². The summed E-state index contributed by atoms with van der Waals surface area (Å²) in [6, 6.07) is 10.8. The van der Waals surface area contributed by atoms with Gasteiger partial charge in [0.25, 0.3) is 0 Å². The Hall–Kier alpha value is -2.80. The molecule has 7 nitrogen and oxygen atoms in total. The molecule has 2 aromatic heterocycles. The predicted octanol–water partition coefficient (Wildman–Crippen LogP) is 1.56. The van der Waals surface area contributed by atoms with E-state index < -0.39 is 5.91 Å². The maximum absolute atomic E-state index is 11.1. The number of pyridine rings is 1. The molecule has 0 aliphatic rings. The van der Waals surface area contributed by atoms with Gasteiger partial charge in [0.2, 0.25) is 5.91 Å². The van der Waals surface area contributed by atoms with Gasteiger partial charge in [-0.3, -0.25) is 10.0 Å². The highest BCUT2D eigenvalue weighted by atomic mass is 16.5. The van der Waals surface area contributed by atoms with Gasteiger partial charge in [0.15, 0.2) is 5.82 Å². The molecule has 0 saturated carbocycles. The topological polar surface area (TPSA) is 84.1 Å². The zero-order valence-corrected chi connectivity index (χ0v) is 10.6. The van der Waals surface area contributed by atoms with Gasteiger partial charge in [-0.15, -0.1) is 5.10 Å². The number of amides is 1. The monoisotopic (exact) mass is 269 g/mol. The molecule has 0 radical (unpaired) electrons. The largest absolute Gasteiger partial charge is 0.281 e. The Labute approximate surface area is 114 Å². The SMILES string of the molecule is CC(=O)N(O)c1ccc(-n2nnc3ccccc32)nc1. The van der Waals surface area contributed by atoms with Crippen molar-refractivity contribution in [2.24, 2.45) is 0 Å². The second kappa shape index (κ2) is 4.71. The van der Waals surface area contributed by atoms with E-state index in [2.05, 4.69) is 15.3 Å². The van der Waals surface area contributed by atoms with Crippen molar-refractivity contribution < 1.29 is 10.0 Å². The molecule has 1 aromatic carbocycles. The highest BCUT2D eigenvalue weighted by Gasteiger charge is 2.10. The van der Waals surface area contributed by atoms with Crippen LogP contribution in [0.3, 0.4) is 0 Å². The number of anilines is 1. The maximum Gasteiger partial charge on any atom is 0.247 e. The molecule has 100 valence electrons. The van der Waals surface area contributed by atoms with E-state index in [1.807, 2.05) is 24.3 Å². The van der Waals surface area contributed by atoms with Crippen molar-refractivity contribution in [3.63, 3.8) is 0 Å². The fraction of sp³-hybridized carbons (Fsp3) is 0.0769. The van der Waals surface area contributed by atoms with Crippen molar-refractivity contribution in [1.29, 1.82) is 0 Å². The second-order valence-electron chi connectivity index (χ2n) is 4.20. The van der Waals surface area contributed by atoms with E-state index in [0.717, 1.165) is 11.0 Å². The predicted molar refractivity (Wildman–Crippen MR) is 71.6 cm³/mol. The molecular formula is C13H11N5O2. The van der Waals surface area contributed by atoms with Gasteiger partial charge in [0, 0.05) is 6.92 Å². The first kappa shape index (κ1) is 12.2. The summed E-state index contributed by atoms with van der Waals surface area (Å²) in [4.78, 5) is 15.2. The van der Waals surface area contributed by atoms with Crippen LogP contribution in [0.2, 0.25) is 0 Å². The standard InChI is InChI=1S/C13H11N5O2/c1-9(19)18(20)10-6-7-13(14-8-10)17-12-5-3-2-4-11(12)15-16-17/h2-8,20H,1H3. The minimum Gasteiger partial charge on any atom is -0.281 e. The molecule has 0 fully saturated rings. The summed E-state index contributed by atoms with van der Waals surface area (Å²) in [7, 11) is 0. The Morgan fingerprint density at radius 3 is 2.75 bits per heavy atom. The van der Waals surface area contributed by atoms with E-state index in [0.29, 0.717) is 16.6 Å². The summed E-state index contributed by atoms with van der Waals surface area (Å²) in [5, 5.41) is 18.1. The van der Waals surface area contributed by atoms with Gasteiger partial charge >= 0.3 is 0 Å². The van der Waals surface area contributed by atoms with Crippen molar-refractivity contribution in [2.75, 3.05) is 5.06 Å². The highest BCUT2D eigenvalue weighted by molar-refractivity contribution is 5.88. The number of rotatable bonds is 2. The van der Waals surface area contributed by atoms with Crippen LogP contribution in [0.15, 0.2) is 42.6 Å². The molecule has 0 saturated heterocycles. The molecule has 7 heteroatoms. The first-order valence-electron chi connectivity index (χ1n) is 5.93. The number of carbonyl (C=O) groups is 1. The second-order valence-corrected chi connectivity index (χ2v) is 4.20. The number of nitrogens with zero attached hydrogens (tertiary/aromatic N) is 5. The molecule has 0 aliphatic carbocycles. The van der Waals surface area contributed by atoms with Gasteiger partial charge in [-0.1, -0.05) is 17.3 Å². The number of hydrogen-bond donors (Lipinski definition) is 1. The molecule has 1 N–H and O–H groups in total. The van der Waals surface area contributed by atoms with E-state index in [1.165, 1.54) is 13.1 Å². The highest BCUT2D eigenvalue weighted by Crippen LogP contribution is 2.17. The molecule has 0 bridgehead atoms. The van der Waals surface area contributed by atoms with E-state index >= 15 is 0 Å². The molecule has 0 unspecified atom stereocenters. The fourth-order valence-electron chi connectivity index (χ4n) is 1.85. The quantitative estimate of drug-likeness (QED) is 0.563. The normalized spacial score (nSPS) is 10.7. The molecule has 1 amide bonds. The number of aromatic nitrogens is 4. The summed E-state index contributed by atoms with van der Waals surface area (Å²) < 4.78 is 1.59. The number of fused-ring (bicyclic) bond motifs is 1. The summed E-state index contributed by atoms with van der Waals surface area (Å²) in [5.41, 5.74) is 1.90. The Morgan fingerprint density at radius 2 is 2.05 bits per heavy atom. The van der Waals surface area contributed by atoms with E-state index in [9.17, 15) is 10.0 Å². The van der Waals surface area contributed by atoms with E-state index in [4.69, 9.17) is 0 Å². The Morgan fingerprint density at radius 1 is 1.25 bits per heavy atom. The lowest BCUT2D eigenvalue weighted by Gasteiger charge is -2.12. The van der Waals surface area contributed by atoms with Gasteiger partial charge < -0.3 is 0 Å². The summed E-state index contributed by atoms with van der Waals surface area (Å²) in [6.07, 6.45) is 1.40. The van der Waals surface area contributed by atoms with E-state index in [-0.39, 0.29) is 0 Å². The van der Waals surface area contributed by atoms with Gasteiger partial charge in [0.1, 0.15) is 5.52 Å². The third-order valence-corrected chi connectivity index (χ3v) is 2.84. The number of hydroxylamine groups is 1. The molecule has 20 heavy (non-hydrogen) atoms. The van der Waals surface area contributed by atoms with Gasteiger partial charge in [0.05, 0.1) is 17.4 Å². The average molecular weight is 269 g/mol. The maximum atomic E-state index is 11.1. The van der Waals surface area contributed by atoms with Crippen LogP contribution in [0, 0.1) is 0 Å². The van der Waals surface area contributed by atoms with Gasteiger partial charge in [-0.25, -0.2) is 4.98 Å². The molecule has 0 spiro atoms. The molecule has 3 aromatic rings. The van der Waals surface area contributed by atoms with E-state index in [1.54, 1.807) is 16.8 Å². The van der Waals surface area contributed by atoms with Crippen molar-refractivity contribution >= 4 is 22.6 Å². The van der Waals surface area contributed by atoms with Crippen LogP contribution in [0.4, 0.5) is 5.69 Å². The van der Waals surface area contributed by atoms with Crippen LogP contribution in [0.1, 0.15) is 6.92 Å². The number of hydrogen-bond acceptors (Lipinski definition) is 5. The van der Waals surface area contributed by atoms with Crippen molar-refractivity contribution in [2.45, 2.75) is 6.92 Å². The van der Waals surface area contributed by atoms with Crippen molar-refractivity contribution in [3.8, 4) is 5.82 Å². The van der Waals surface area contributed by atoms with Crippen LogP contribution < -0.4 is 5.06 Å². The Balaban J connectivity index is 2.01. The molecule has 2 heterocycles. The fourth-order valence-corrected chi connectivity index (χ4v) is 1.85. The summed E-state index contributed by atoms with van der Waals surface area (Å²) in [5.74, 6) is 0.0742. The first-order valence-corrected chi connectivity index (χ1v) is 5.93. The van der Waals surface area contributed by atoms with Crippen LogP contribution in [0.25, 0.3) is 16.9 Å². The van der Waals surface area contributed by atoms with Crippen LogP contribution in [-0.2, 0) is 4.79 Å². The average Bonchev–Trinajstić information content (AvgIpc) is 2.90. The lowest BCUT2D eigenvalue weighted by molar-refractivity contribution is -0.121. The molecule has 0 aliphatic heterocycles. The zero-order valence-electron chi connectivity index (χ0n) is 10.6. The Bertz CT molecular complexity index is 766. The first-order chi connectivity index (χ1) is 9.66. The lowest BCUT2D eigenvalue weighted by atomic mass is 10.3. The third kappa shape index (κ3) is 1.99. The van der Waals surface area contributed by atoms with Crippen molar-refractivity contribution in [3.05, 3.63) is 42.6 Å². The minimum atomic E-state index is -0.481. The molecular weight excluding hydrogens is 258 g/mol. The smallest absolute Gasteiger partial charge is 0.247 e. The number of benzene rings is 1. The van der Waals surface area contributed by atoms with Gasteiger partial charge in [-0.2, -0.15) is 9.75 Å². The zero-order chi connectivity index (χ0) is 14.1. The van der Waals surface area contributed by atoms with Crippen molar-refractivity contribution in [1.82, 2.24) is 20.0 Å². The minimum absolute atomic E-state index is 0.297. The molecule has 3 rings (SSSR count).